The Morgan fingerprint density at radius 3 is 3.07 bits per heavy atom. The number of carbonyl (C=O) groups excluding carboxylic acids is 1. The van der Waals surface area contributed by atoms with Gasteiger partial charge in [0.25, 0.3) is 0 Å². The number of fused-ring (bicyclic) bond motifs is 1. The van der Waals surface area contributed by atoms with Crippen LogP contribution in [0.3, 0.4) is 0 Å². The van der Waals surface area contributed by atoms with Crippen molar-refractivity contribution in [2.45, 2.75) is 0 Å². The predicted octanol–water partition coefficient (Wildman–Crippen LogP) is 2.55. The maximum Gasteiger partial charge on any atom is 0.173 e. The molecule has 2 rings (SSSR count). The zero-order valence-electron chi connectivity index (χ0n) is 7.90. The van der Waals surface area contributed by atoms with Gasteiger partial charge in [-0.3, -0.25) is 4.79 Å². The third kappa shape index (κ3) is 2.21. The normalized spacial score (nSPS) is 13.4. The van der Waals surface area contributed by atoms with Crippen LogP contribution in [0.1, 0.15) is 10.4 Å². The van der Waals surface area contributed by atoms with Gasteiger partial charge in [0.1, 0.15) is 6.61 Å². The van der Waals surface area contributed by atoms with Crippen LogP contribution in [0.25, 0.3) is 0 Å². The molecule has 0 unspecified atom stereocenters. The van der Waals surface area contributed by atoms with Crippen molar-refractivity contribution in [2.75, 3.05) is 11.9 Å². The first-order chi connectivity index (χ1) is 7.31. The van der Waals surface area contributed by atoms with Crippen LogP contribution in [0.15, 0.2) is 30.5 Å². The Balaban J connectivity index is 2.35. The molecule has 15 heavy (non-hydrogen) atoms. The molecule has 1 aromatic carbocycles. The summed E-state index contributed by atoms with van der Waals surface area (Å²) >= 11 is 3.13. The summed E-state index contributed by atoms with van der Waals surface area (Å²) < 4.78 is 10.7. The lowest BCUT2D eigenvalue weighted by molar-refractivity contribution is 0.102. The number of benzene rings is 1. The number of hydrogen-bond donors (Lipinski definition) is 0. The van der Waals surface area contributed by atoms with Gasteiger partial charge in [0, 0.05) is 5.56 Å². The fraction of sp³-hybridized carbons (Fsp3) is 0.182. The van der Waals surface area contributed by atoms with Crippen LogP contribution < -0.4 is 9.47 Å². The van der Waals surface area contributed by atoms with Gasteiger partial charge in [0.05, 0.1) is 11.6 Å². The third-order valence-electron chi connectivity index (χ3n) is 2.01. The van der Waals surface area contributed by atoms with Gasteiger partial charge in [0.15, 0.2) is 17.3 Å². The van der Waals surface area contributed by atoms with Crippen molar-refractivity contribution in [1.82, 2.24) is 0 Å². The highest BCUT2D eigenvalue weighted by atomic mass is 79.9. The van der Waals surface area contributed by atoms with Crippen LogP contribution >= 0.6 is 15.9 Å². The molecule has 78 valence electrons. The highest BCUT2D eigenvalue weighted by molar-refractivity contribution is 9.09. The first-order valence-electron chi connectivity index (χ1n) is 4.49. The second-order valence-electron chi connectivity index (χ2n) is 3.02. The van der Waals surface area contributed by atoms with Gasteiger partial charge < -0.3 is 9.47 Å². The van der Waals surface area contributed by atoms with Crippen molar-refractivity contribution >= 4 is 21.7 Å². The van der Waals surface area contributed by atoms with E-state index in [4.69, 9.17) is 9.47 Å². The number of rotatable bonds is 2. The maximum atomic E-state index is 11.4. The fourth-order valence-corrected chi connectivity index (χ4v) is 1.59. The highest BCUT2D eigenvalue weighted by Crippen LogP contribution is 2.30. The Morgan fingerprint density at radius 1 is 1.40 bits per heavy atom. The second kappa shape index (κ2) is 4.49. The molecular weight excluding hydrogens is 260 g/mol. The lowest BCUT2D eigenvalue weighted by atomic mass is 10.1. The Hall–Kier alpha value is -1.29. The number of halogens is 1. The van der Waals surface area contributed by atoms with Crippen molar-refractivity contribution in [3.05, 3.63) is 36.1 Å². The SMILES string of the molecule is O=C(CBr)c1ccc2c(c1)OC=CCO2. The minimum absolute atomic E-state index is 0.0228. The zero-order valence-corrected chi connectivity index (χ0v) is 9.49. The van der Waals surface area contributed by atoms with Crippen LogP contribution in [-0.2, 0) is 0 Å². The molecule has 3 nitrogen and oxygen atoms in total. The van der Waals surface area contributed by atoms with Crippen LogP contribution in [0, 0.1) is 0 Å². The Labute approximate surface area is 95.8 Å². The van der Waals surface area contributed by atoms with Crippen molar-refractivity contribution in [2.24, 2.45) is 0 Å². The average molecular weight is 269 g/mol. The standard InChI is InChI=1S/C11H9BrO3/c12-7-9(13)8-2-3-10-11(6-8)15-5-1-4-14-10/h1-3,5-6H,4,7H2. The Kier molecular flexibility index (Phi) is 3.06. The molecule has 0 saturated carbocycles. The average Bonchev–Trinajstić information content (AvgIpc) is 2.51. The van der Waals surface area contributed by atoms with E-state index in [9.17, 15) is 4.79 Å². The summed E-state index contributed by atoms with van der Waals surface area (Å²) in [6.07, 6.45) is 3.33. The quantitative estimate of drug-likeness (QED) is 0.611. The molecule has 0 saturated heterocycles. The summed E-state index contributed by atoms with van der Waals surface area (Å²) in [5, 5.41) is 0.308. The van der Waals surface area contributed by atoms with Gasteiger partial charge in [-0.2, -0.15) is 0 Å². The van der Waals surface area contributed by atoms with E-state index < -0.39 is 0 Å². The van der Waals surface area contributed by atoms with Crippen LogP contribution in [0.5, 0.6) is 11.5 Å². The van der Waals surface area contributed by atoms with E-state index in [1.165, 1.54) is 0 Å². The van der Waals surface area contributed by atoms with Crippen molar-refractivity contribution in [3.63, 3.8) is 0 Å². The van der Waals surface area contributed by atoms with E-state index in [2.05, 4.69) is 15.9 Å². The number of Topliss-reactive ketones (excluding diaryl/α,β-unsaturated/α-hetero) is 1. The fourth-order valence-electron chi connectivity index (χ4n) is 1.27. The van der Waals surface area contributed by atoms with E-state index in [0.29, 0.717) is 29.0 Å². The van der Waals surface area contributed by atoms with Crippen molar-refractivity contribution < 1.29 is 14.3 Å². The maximum absolute atomic E-state index is 11.4. The summed E-state index contributed by atoms with van der Waals surface area (Å²) in [5.74, 6) is 1.26. The Morgan fingerprint density at radius 2 is 2.27 bits per heavy atom. The molecule has 1 aromatic rings. The molecule has 0 fully saturated rings. The summed E-state index contributed by atoms with van der Waals surface area (Å²) in [4.78, 5) is 11.4. The molecule has 0 bridgehead atoms. The van der Waals surface area contributed by atoms with E-state index >= 15 is 0 Å². The molecule has 0 aliphatic carbocycles. The lowest BCUT2D eigenvalue weighted by Crippen LogP contribution is -2.00. The molecule has 4 heteroatoms. The summed E-state index contributed by atoms with van der Waals surface area (Å²) in [6, 6.07) is 5.17. The number of hydrogen-bond acceptors (Lipinski definition) is 3. The Bertz CT molecular complexity index is 412. The summed E-state index contributed by atoms with van der Waals surface area (Å²) in [5.41, 5.74) is 0.615. The van der Waals surface area contributed by atoms with Crippen molar-refractivity contribution in [3.8, 4) is 11.5 Å². The molecule has 1 heterocycles. The van der Waals surface area contributed by atoms with Crippen LogP contribution in [0.4, 0.5) is 0 Å². The monoisotopic (exact) mass is 268 g/mol. The molecule has 0 radical (unpaired) electrons. The number of alkyl halides is 1. The van der Waals surface area contributed by atoms with E-state index in [0.717, 1.165) is 0 Å². The first-order valence-corrected chi connectivity index (χ1v) is 5.61. The molecule has 0 N–H and O–H groups in total. The van der Waals surface area contributed by atoms with Gasteiger partial charge in [-0.1, -0.05) is 15.9 Å². The number of ketones is 1. The number of ether oxygens (including phenoxy) is 2. The van der Waals surface area contributed by atoms with Gasteiger partial charge in [-0.05, 0) is 24.3 Å². The lowest BCUT2D eigenvalue weighted by Gasteiger charge is -2.07. The molecule has 1 aliphatic heterocycles. The highest BCUT2D eigenvalue weighted by Gasteiger charge is 2.11. The third-order valence-corrected chi connectivity index (χ3v) is 2.52. The smallest absolute Gasteiger partial charge is 0.173 e. The second-order valence-corrected chi connectivity index (χ2v) is 3.58. The molecular formula is C11H9BrO3. The van der Waals surface area contributed by atoms with Gasteiger partial charge >= 0.3 is 0 Å². The minimum Gasteiger partial charge on any atom is -0.485 e. The topological polar surface area (TPSA) is 35.5 Å². The summed E-state index contributed by atoms with van der Waals surface area (Å²) in [7, 11) is 0. The van der Waals surface area contributed by atoms with Gasteiger partial charge in [-0.15, -0.1) is 0 Å². The van der Waals surface area contributed by atoms with Crippen LogP contribution in [-0.4, -0.2) is 17.7 Å². The number of carbonyl (C=O) groups is 1. The molecule has 1 aliphatic rings. The molecule has 0 atom stereocenters. The van der Waals surface area contributed by atoms with Crippen LogP contribution in [0.2, 0.25) is 0 Å². The zero-order chi connectivity index (χ0) is 10.7. The van der Waals surface area contributed by atoms with E-state index in [-0.39, 0.29) is 5.78 Å². The van der Waals surface area contributed by atoms with E-state index in [1.54, 1.807) is 30.5 Å². The predicted molar refractivity (Wildman–Crippen MR) is 59.8 cm³/mol. The largest absolute Gasteiger partial charge is 0.485 e. The van der Waals surface area contributed by atoms with E-state index in [1.807, 2.05) is 0 Å². The molecule has 0 amide bonds. The molecule has 0 aromatic heterocycles. The summed E-state index contributed by atoms with van der Waals surface area (Å²) in [6.45, 7) is 0.485. The van der Waals surface area contributed by atoms with Crippen molar-refractivity contribution in [1.29, 1.82) is 0 Å². The minimum atomic E-state index is 0.0228. The first kappa shape index (κ1) is 10.2. The molecule has 0 spiro atoms. The van der Waals surface area contributed by atoms with Gasteiger partial charge in [-0.25, -0.2) is 0 Å². The van der Waals surface area contributed by atoms with Gasteiger partial charge in [0.2, 0.25) is 0 Å².